The first kappa shape index (κ1) is 14.6. The molecule has 0 amide bonds. The van der Waals surface area contributed by atoms with Crippen LogP contribution >= 0.6 is 0 Å². The van der Waals surface area contributed by atoms with E-state index in [1.807, 2.05) is 30.3 Å². The van der Waals surface area contributed by atoms with Gasteiger partial charge in [-0.15, -0.1) is 0 Å². The van der Waals surface area contributed by atoms with Crippen LogP contribution in [0.1, 0.15) is 17.8 Å². The molecule has 0 saturated heterocycles. The highest BCUT2D eigenvalue weighted by Crippen LogP contribution is 2.36. The maximum atomic E-state index is 8.96. The summed E-state index contributed by atoms with van der Waals surface area (Å²) < 4.78 is 13.0. The van der Waals surface area contributed by atoms with E-state index < -0.39 is 0 Å². The van der Waals surface area contributed by atoms with Gasteiger partial charge in [-0.25, -0.2) is 4.98 Å². The summed E-state index contributed by atoms with van der Waals surface area (Å²) in [5.74, 6) is 2.48. The second-order valence-electron chi connectivity index (χ2n) is 5.77. The minimum absolute atomic E-state index is 0.251. The van der Waals surface area contributed by atoms with Gasteiger partial charge in [0, 0.05) is 25.1 Å². The molecule has 24 heavy (non-hydrogen) atoms. The summed E-state index contributed by atoms with van der Waals surface area (Å²) in [6, 6.07) is 16.5. The highest BCUT2D eigenvalue weighted by atomic mass is 16.7. The molecule has 0 aliphatic carbocycles. The normalized spacial score (nSPS) is 12.5. The van der Waals surface area contributed by atoms with Gasteiger partial charge in [-0.1, -0.05) is 30.3 Å². The van der Waals surface area contributed by atoms with Crippen molar-refractivity contribution in [1.82, 2.24) is 9.55 Å². The van der Waals surface area contributed by atoms with E-state index in [-0.39, 0.29) is 6.79 Å². The average molecular weight is 319 g/mol. The summed E-state index contributed by atoms with van der Waals surface area (Å²) in [5.41, 5.74) is 3.17. The maximum Gasteiger partial charge on any atom is 0.231 e. The molecule has 3 aromatic rings. The first-order valence-corrected chi connectivity index (χ1v) is 8.05. The first-order chi connectivity index (χ1) is 11.8. The van der Waals surface area contributed by atoms with Crippen LogP contribution in [0.25, 0.3) is 11.0 Å². The average Bonchev–Trinajstić information content (AvgIpc) is 3.20. The quantitative estimate of drug-likeness (QED) is 0.722. The molecule has 0 fully saturated rings. The minimum atomic E-state index is 0.251. The first-order valence-electron chi connectivity index (χ1n) is 8.05. The zero-order chi connectivity index (χ0) is 16.4. The van der Waals surface area contributed by atoms with E-state index in [1.165, 1.54) is 5.56 Å². The fraction of sp³-hybridized carbons (Fsp3) is 0.263. The molecule has 2 heterocycles. The summed E-state index contributed by atoms with van der Waals surface area (Å²) in [7, 11) is 0. The third-order valence-corrected chi connectivity index (χ3v) is 4.25. The minimum Gasteiger partial charge on any atom is -0.454 e. The van der Waals surface area contributed by atoms with Gasteiger partial charge >= 0.3 is 0 Å². The molecular weight excluding hydrogens is 302 g/mol. The molecule has 1 aliphatic heterocycles. The van der Waals surface area contributed by atoms with E-state index in [0.717, 1.165) is 41.2 Å². The Labute approximate surface area is 140 Å². The molecular formula is C19H17N3O2. The van der Waals surface area contributed by atoms with Gasteiger partial charge in [-0.2, -0.15) is 5.26 Å². The third-order valence-electron chi connectivity index (χ3n) is 4.25. The predicted molar refractivity (Wildman–Crippen MR) is 89.9 cm³/mol. The van der Waals surface area contributed by atoms with Crippen molar-refractivity contribution in [2.45, 2.75) is 25.8 Å². The zero-order valence-corrected chi connectivity index (χ0v) is 13.2. The Morgan fingerprint density at radius 3 is 2.67 bits per heavy atom. The Morgan fingerprint density at radius 2 is 1.88 bits per heavy atom. The lowest BCUT2D eigenvalue weighted by molar-refractivity contribution is 0.174. The van der Waals surface area contributed by atoms with Crippen molar-refractivity contribution in [3.8, 4) is 17.6 Å². The van der Waals surface area contributed by atoms with Gasteiger partial charge in [-0.3, -0.25) is 0 Å². The Balaban J connectivity index is 1.69. The van der Waals surface area contributed by atoms with Crippen molar-refractivity contribution in [2.75, 3.05) is 6.79 Å². The van der Waals surface area contributed by atoms with Crippen molar-refractivity contribution in [1.29, 1.82) is 5.26 Å². The number of benzene rings is 2. The number of imidazole rings is 1. The van der Waals surface area contributed by atoms with E-state index in [4.69, 9.17) is 19.7 Å². The number of ether oxygens (including phenoxy) is 2. The van der Waals surface area contributed by atoms with Crippen molar-refractivity contribution in [3.05, 3.63) is 53.9 Å². The number of aryl methyl sites for hydroxylation is 3. The lowest BCUT2D eigenvalue weighted by Gasteiger charge is -2.07. The fourth-order valence-electron chi connectivity index (χ4n) is 3.07. The van der Waals surface area contributed by atoms with Gasteiger partial charge < -0.3 is 14.0 Å². The van der Waals surface area contributed by atoms with Crippen LogP contribution in [0.2, 0.25) is 0 Å². The molecule has 0 atom stereocenters. The number of fused-ring (bicyclic) bond motifs is 2. The summed E-state index contributed by atoms with van der Waals surface area (Å²) in [5, 5.41) is 8.96. The van der Waals surface area contributed by atoms with Crippen LogP contribution in [0, 0.1) is 11.3 Å². The molecule has 0 unspecified atom stereocenters. The van der Waals surface area contributed by atoms with Gasteiger partial charge in [0.1, 0.15) is 5.82 Å². The Hall–Kier alpha value is -3.00. The second kappa shape index (κ2) is 6.25. The topological polar surface area (TPSA) is 60.1 Å². The second-order valence-corrected chi connectivity index (χ2v) is 5.77. The van der Waals surface area contributed by atoms with Crippen LogP contribution < -0.4 is 9.47 Å². The summed E-state index contributed by atoms with van der Waals surface area (Å²) in [4.78, 5) is 4.78. The van der Waals surface area contributed by atoms with Crippen LogP contribution in [0.4, 0.5) is 0 Å². The molecule has 0 spiro atoms. The largest absolute Gasteiger partial charge is 0.454 e. The molecule has 1 aromatic heterocycles. The van der Waals surface area contributed by atoms with Crippen LogP contribution in [0.15, 0.2) is 42.5 Å². The van der Waals surface area contributed by atoms with E-state index in [1.54, 1.807) is 0 Å². The summed E-state index contributed by atoms with van der Waals surface area (Å²) >= 11 is 0. The number of nitrogens with zero attached hydrogens (tertiary/aromatic N) is 3. The van der Waals surface area contributed by atoms with Crippen LogP contribution in [0.3, 0.4) is 0 Å². The van der Waals surface area contributed by atoms with Gasteiger partial charge in [0.15, 0.2) is 11.5 Å². The van der Waals surface area contributed by atoms with Gasteiger partial charge in [0.2, 0.25) is 6.79 Å². The van der Waals surface area contributed by atoms with Gasteiger partial charge in [0.05, 0.1) is 23.5 Å². The molecule has 4 rings (SSSR count). The number of hydrogen-bond acceptors (Lipinski definition) is 4. The number of nitriles is 1. The number of hydrogen-bond donors (Lipinski definition) is 0. The monoisotopic (exact) mass is 319 g/mol. The Kier molecular flexibility index (Phi) is 3.80. The standard InChI is InChI=1S/C19H17N3O2/c20-9-4-10-22-16-12-18-17(23-13-24-18)11-15(16)21-19(22)8-7-14-5-2-1-3-6-14/h1-3,5-6,11-12H,4,7-8,10,13H2. The molecule has 0 saturated carbocycles. The lowest BCUT2D eigenvalue weighted by atomic mass is 10.1. The molecule has 5 nitrogen and oxygen atoms in total. The highest BCUT2D eigenvalue weighted by Gasteiger charge is 2.19. The van der Waals surface area contributed by atoms with Crippen molar-refractivity contribution in [3.63, 3.8) is 0 Å². The third kappa shape index (κ3) is 2.67. The van der Waals surface area contributed by atoms with Crippen LogP contribution in [0.5, 0.6) is 11.5 Å². The highest BCUT2D eigenvalue weighted by molar-refractivity contribution is 5.81. The van der Waals surface area contributed by atoms with E-state index in [2.05, 4.69) is 22.8 Å². The molecule has 0 radical (unpaired) electrons. The number of rotatable bonds is 5. The fourth-order valence-corrected chi connectivity index (χ4v) is 3.07. The molecule has 1 aliphatic rings. The SMILES string of the molecule is N#CCCn1c(CCc2ccccc2)nc2cc3c(cc21)OCO3. The zero-order valence-electron chi connectivity index (χ0n) is 13.2. The maximum absolute atomic E-state index is 8.96. The Morgan fingerprint density at radius 1 is 1.08 bits per heavy atom. The van der Waals surface area contributed by atoms with E-state index >= 15 is 0 Å². The lowest BCUT2D eigenvalue weighted by Crippen LogP contribution is -2.05. The molecule has 5 heteroatoms. The number of aromatic nitrogens is 2. The molecule has 2 aromatic carbocycles. The van der Waals surface area contributed by atoms with E-state index in [9.17, 15) is 0 Å². The van der Waals surface area contributed by atoms with E-state index in [0.29, 0.717) is 13.0 Å². The Bertz CT molecular complexity index is 910. The summed E-state index contributed by atoms with van der Waals surface area (Å²) in [6.07, 6.45) is 2.21. The van der Waals surface area contributed by atoms with Gasteiger partial charge in [0.25, 0.3) is 0 Å². The van der Waals surface area contributed by atoms with Crippen molar-refractivity contribution in [2.24, 2.45) is 0 Å². The predicted octanol–water partition coefficient (Wildman–Crippen LogP) is 3.46. The summed E-state index contributed by atoms with van der Waals surface area (Å²) in [6.45, 7) is 0.887. The molecule has 0 bridgehead atoms. The van der Waals surface area contributed by atoms with Gasteiger partial charge in [-0.05, 0) is 12.0 Å². The van der Waals surface area contributed by atoms with Crippen LogP contribution in [-0.4, -0.2) is 16.3 Å². The van der Waals surface area contributed by atoms with Crippen molar-refractivity contribution >= 4 is 11.0 Å². The molecule has 0 N–H and O–H groups in total. The van der Waals surface area contributed by atoms with Crippen molar-refractivity contribution < 1.29 is 9.47 Å². The smallest absolute Gasteiger partial charge is 0.231 e. The van der Waals surface area contributed by atoms with Crippen LogP contribution in [-0.2, 0) is 19.4 Å². The molecule has 120 valence electrons.